The highest BCUT2D eigenvalue weighted by molar-refractivity contribution is 5.70. The van der Waals surface area contributed by atoms with Crippen molar-refractivity contribution in [3.05, 3.63) is 59.9 Å². The van der Waals surface area contributed by atoms with Gasteiger partial charge in [-0.2, -0.15) is 4.98 Å². The SMILES string of the molecule is CCc1cccc(C)c1Nc1cc(-c2cccnc2)nc(NCCN(C)C)n1. The highest BCUT2D eigenvalue weighted by Gasteiger charge is 2.10. The second-order valence-corrected chi connectivity index (χ2v) is 7.02. The van der Waals surface area contributed by atoms with Crippen LogP contribution in [0, 0.1) is 6.92 Å². The van der Waals surface area contributed by atoms with Gasteiger partial charge in [0.2, 0.25) is 5.95 Å². The molecule has 0 saturated heterocycles. The molecule has 0 aliphatic carbocycles. The highest BCUT2D eigenvalue weighted by atomic mass is 15.2. The van der Waals surface area contributed by atoms with E-state index in [0.717, 1.165) is 42.3 Å². The van der Waals surface area contributed by atoms with Gasteiger partial charge in [-0.05, 0) is 50.7 Å². The summed E-state index contributed by atoms with van der Waals surface area (Å²) >= 11 is 0. The second kappa shape index (κ2) is 9.28. The fraction of sp³-hybridized carbons (Fsp3) is 0.318. The monoisotopic (exact) mass is 376 g/mol. The number of aromatic nitrogens is 3. The Bertz CT molecular complexity index is 908. The summed E-state index contributed by atoms with van der Waals surface area (Å²) in [6.07, 6.45) is 4.54. The predicted molar refractivity (Wildman–Crippen MR) is 116 cm³/mol. The number of rotatable bonds is 8. The second-order valence-electron chi connectivity index (χ2n) is 7.02. The van der Waals surface area contributed by atoms with E-state index in [-0.39, 0.29) is 0 Å². The average Bonchev–Trinajstić information content (AvgIpc) is 2.70. The van der Waals surface area contributed by atoms with E-state index in [4.69, 9.17) is 4.98 Å². The number of anilines is 3. The zero-order chi connectivity index (χ0) is 19.9. The summed E-state index contributed by atoms with van der Waals surface area (Å²) in [5.74, 6) is 1.38. The molecule has 2 aromatic heterocycles. The third-order valence-corrected chi connectivity index (χ3v) is 4.52. The molecule has 0 spiro atoms. The lowest BCUT2D eigenvalue weighted by Crippen LogP contribution is -2.21. The van der Waals surface area contributed by atoms with Crippen molar-refractivity contribution in [2.24, 2.45) is 0 Å². The van der Waals surface area contributed by atoms with Crippen molar-refractivity contribution in [2.45, 2.75) is 20.3 Å². The molecule has 0 unspecified atom stereocenters. The van der Waals surface area contributed by atoms with E-state index in [9.17, 15) is 0 Å². The third-order valence-electron chi connectivity index (χ3n) is 4.52. The van der Waals surface area contributed by atoms with Crippen LogP contribution in [0.1, 0.15) is 18.1 Å². The lowest BCUT2D eigenvalue weighted by Gasteiger charge is -2.16. The van der Waals surface area contributed by atoms with Gasteiger partial charge >= 0.3 is 0 Å². The van der Waals surface area contributed by atoms with Gasteiger partial charge in [-0.3, -0.25) is 4.98 Å². The van der Waals surface area contributed by atoms with Crippen LogP contribution in [0.15, 0.2) is 48.8 Å². The predicted octanol–water partition coefficient (Wildman–Crippen LogP) is 4.13. The van der Waals surface area contributed by atoms with Crippen LogP contribution in [0.3, 0.4) is 0 Å². The van der Waals surface area contributed by atoms with Crippen LogP contribution < -0.4 is 10.6 Å². The maximum absolute atomic E-state index is 4.70. The molecular weight excluding hydrogens is 348 g/mol. The molecule has 0 aliphatic rings. The minimum Gasteiger partial charge on any atom is -0.353 e. The van der Waals surface area contributed by atoms with Gasteiger partial charge in [0.1, 0.15) is 5.82 Å². The number of nitrogens with one attached hydrogen (secondary N) is 2. The van der Waals surface area contributed by atoms with Crippen LogP contribution >= 0.6 is 0 Å². The van der Waals surface area contributed by atoms with Crippen LogP contribution in [0.4, 0.5) is 17.5 Å². The average molecular weight is 377 g/mol. The van der Waals surface area contributed by atoms with Crippen LogP contribution in [0.5, 0.6) is 0 Å². The number of para-hydroxylation sites is 1. The molecule has 0 bridgehead atoms. The first-order valence-electron chi connectivity index (χ1n) is 9.60. The maximum atomic E-state index is 4.70. The molecule has 0 saturated carbocycles. The van der Waals surface area contributed by atoms with E-state index < -0.39 is 0 Å². The molecule has 0 atom stereocenters. The van der Waals surface area contributed by atoms with Crippen LogP contribution in [0.25, 0.3) is 11.3 Å². The van der Waals surface area contributed by atoms with Gasteiger partial charge in [0, 0.05) is 42.8 Å². The highest BCUT2D eigenvalue weighted by Crippen LogP contribution is 2.27. The van der Waals surface area contributed by atoms with Crippen molar-refractivity contribution in [3.8, 4) is 11.3 Å². The number of likely N-dealkylation sites (N-methyl/N-ethyl adjacent to an activating group) is 1. The van der Waals surface area contributed by atoms with Gasteiger partial charge in [0.15, 0.2) is 0 Å². The molecule has 6 nitrogen and oxygen atoms in total. The van der Waals surface area contributed by atoms with Gasteiger partial charge in [-0.25, -0.2) is 4.98 Å². The Hall–Kier alpha value is -2.99. The van der Waals surface area contributed by atoms with E-state index in [1.165, 1.54) is 11.1 Å². The van der Waals surface area contributed by atoms with Crippen molar-refractivity contribution in [1.82, 2.24) is 19.9 Å². The molecule has 28 heavy (non-hydrogen) atoms. The fourth-order valence-electron chi connectivity index (χ4n) is 2.97. The third kappa shape index (κ3) is 5.04. The Morgan fingerprint density at radius 1 is 1.07 bits per heavy atom. The molecular formula is C22H28N6. The van der Waals surface area contributed by atoms with Crippen molar-refractivity contribution in [3.63, 3.8) is 0 Å². The topological polar surface area (TPSA) is 66.0 Å². The molecule has 146 valence electrons. The number of benzene rings is 1. The summed E-state index contributed by atoms with van der Waals surface area (Å²) in [6, 6.07) is 12.2. The Kier molecular flexibility index (Phi) is 6.55. The zero-order valence-corrected chi connectivity index (χ0v) is 17.0. The summed E-state index contributed by atoms with van der Waals surface area (Å²) in [5, 5.41) is 6.85. The standard InChI is InChI=1S/C22H28N6/c1-5-17-9-6-8-16(2)21(17)26-20-14-19(18-10-7-11-23-15-18)25-22(27-20)24-12-13-28(3)4/h6-11,14-15H,5,12-13H2,1-4H3,(H2,24,25,26,27). The number of hydrogen-bond acceptors (Lipinski definition) is 6. The van der Waals surface area contributed by atoms with Gasteiger partial charge in [0.25, 0.3) is 0 Å². The Morgan fingerprint density at radius 3 is 2.64 bits per heavy atom. The molecule has 0 aliphatic heterocycles. The first kappa shape index (κ1) is 19.8. The summed E-state index contributed by atoms with van der Waals surface area (Å²) < 4.78 is 0. The molecule has 2 heterocycles. The summed E-state index contributed by atoms with van der Waals surface area (Å²) in [7, 11) is 4.10. The molecule has 0 amide bonds. The molecule has 3 rings (SSSR count). The minimum absolute atomic E-state index is 0.609. The normalized spacial score (nSPS) is 10.9. The quantitative estimate of drug-likeness (QED) is 0.616. The number of hydrogen-bond donors (Lipinski definition) is 2. The molecule has 2 N–H and O–H groups in total. The van der Waals surface area contributed by atoms with E-state index >= 15 is 0 Å². The number of nitrogens with zero attached hydrogens (tertiary/aromatic N) is 4. The Morgan fingerprint density at radius 2 is 1.93 bits per heavy atom. The minimum atomic E-state index is 0.609. The number of aryl methyl sites for hydroxylation is 2. The number of pyridine rings is 1. The molecule has 6 heteroatoms. The fourth-order valence-corrected chi connectivity index (χ4v) is 2.97. The Balaban J connectivity index is 1.95. The van der Waals surface area contributed by atoms with Gasteiger partial charge in [-0.15, -0.1) is 0 Å². The van der Waals surface area contributed by atoms with Crippen LogP contribution in [0.2, 0.25) is 0 Å². The first-order chi connectivity index (χ1) is 13.6. The molecule has 3 aromatic rings. The van der Waals surface area contributed by atoms with Crippen LogP contribution in [-0.4, -0.2) is 47.0 Å². The van der Waals surface area contributed by atoms with E-state index in [2.05, 4.69) is 57.5 Å². The van der Waals surface area contributed by atoms with Gasteiger partial charge < -0.3 is 15.5 Å². The maximum Gasteiger partial charge on any atom is 0.225 e. The molecule has 0 fully saturated rings. The molecule has 1 aromatic carbocycles. The lowest BCUT2D eigenvalue weighted by atomic mass is 10.1. The Labute approximate surface area is 167 Å². The summed E-state index contributed by atoms with van der Waals surface area (Å²) in [6.45, 7) is 5.95. The van der Waals surface area contributed by atoms with Crippen molar-refractivity contribution in [1.29, 1.82) is 0 Å². The summed E-state index contributed by atoms with van der Waals surface area (Å²) in [5.41, 5.74) is 5.38. The first-order valence-corrected chi connectivity index (χ1v) is 9.60. The van der Waals surface area contributed by atoms with Crippen molar-refractivity contribution in [2.75, 3.05) is 37.8 Å². The van der Waals surface area contributed by atoms with E-state index in [1.807, 2.05) is 38.5 Å². The van der Waals surface area contributed by atoms with Gasteiger partial charge in [0.05, 0.1) is 5.69 Å². The van der Waals surface area contributed by atoms with Crippen molar-refractivity contribution < 1.29 is 0 Å². The summed E-state index contributed by atoms with van der Waals surface area (Å²) in [4.78, 5) is 15.7. The molecule has 0 radical (unpaired) electrons. The van der Waals surface area contributed by atoms with E-state index in [0.29, 0.717) is 5.95 Å². The zero-order valence-electron chi connectivity index (χ0n) is 17.0. The van der Waals surface area contributed by atoms with Crippen LogP contribution in [-0.2, 0) is 6.42 Å². The largest absolute Gasteiger partial charge is 0.353 e. The van der Waals surface area contributed by atoms with Crippen molar-refractivity contribution >= 4 is 17.5 Å². The lowest BCUT2D eigenvalue weighted by molar-refractivity contribution is 0.425. The van der Waals surface area contributed by atoms with Gasteiger partial charge in [-0.1, -0.05) is 25.1 Å². The smallest absolute Gasteiger partial charge is 0.225 e. The van der Waals surface area contributed by atoms with E-state index in [1.54, 1.807) is 6.20 Å².